The van der Waals surface area contributed by atoms with Crippen LogP contribution >= 0.6 is 15.9 Å². The molecule has 1 aromatic rings. The average Bonchev–Trinajstić information content (AvgIpc) is 2.10. The molecule has 4 nitrogen and oxygen atoms in total. The Kier molecular flexibility index (Phi) is 3.48. The highest BCUT2D eigenvalue weighted by atomic mass is 79.9. The van der Waals surface area contributed by atoms with Gasteiger partial charge in [-0.25, -0.2) is 0 Å². The lowest BCUT2D eigenvalue weighted by Gasteiger charge is -2.05. The van der Waals surface area contributed by atoms with Gasteiger partial charge in [0.1, 0.15) is 12.2 Å². The monoisotopic (exact) mass is 254 g/mol. The molecule has 0 saturated carbocycles. The molecule has 1 amide bonds. The quantitative estimate of drug-likeness (QED) is 0.794. The highest BCUT2D eigenvalue weighted by Crippen LogP contribution is 2.26. The minimum atomic E-state index is -0.440. The summed E-state index contributed by atoms with van der Waals surface area (Å²) < 4.78 is 0.716. The smallest absolute Gasteiger partial charge is 0.238 e. The van der Waals surface area contributed by atoms with Crippen LogP contribution in [0.25, 0.3) is 0 Å². The van der Waals surface area contributed by atoms with Crippen molar-refractivity contribution in [2.24, 2.45) is 0 Å². The summed E-state index contributed by atoms with van der Waals surface area (Å²) in [5.41, 5.74) is 0.299. The molecule has 0 bridgehead atoms. The molecule has 0 radical (unpaired) electrons. The van der Waals surface area contributed by atoms with Crippen molar-refractivity contribution in [1.82, 2.24) is 0 Å². The highest BCUT2D eigenvalue weighted by molar-refractivity contribution is 9.10. The van der Waals surface area contributed by atoms with E-state index in [1.807, 2.05) is 0 Å². The normalized spacial score (nSPS) is 9.14. The maximum Gasteiger partial charge on any atom is 0.238 e. The second-order valence-electron chi connectivity index (χ2n) is 2.54. The number of nitriles is 1. The third kappa shape index (κ3) is 2.75. The van der Waals surface area contributed by atoms with E-state index in [2.05, 4.69) is 21.2 Å². The van der Waals surface area contributed by atoms with Crippen LogP contribution in [-0.2, 0) is 4.79 Å². The lowest BCUT2D eigenvalue weighted by molar-refractivity contribution is -0.115. The van der Waals surface area contributed by atoms with Gasteiger partial charge in [-0.05, 0) is 18.2 Å². The van der Waals surface area contributed by atoms with Gasteiger partial charge in [-0.15, -0.1) is 0 Å². The molecule has 5 heteroatoms. The summed E-state index contributed by atoms with van der Waals surface area (Å²) in [5.74, 6) is -0.476. The number of nitrogens with one attached hydrogen (secondary N) is 1. The molecule has 0 spiro atoms. The van der Waals surface area contributed by atoms with Crippen molar-refractivity contribution < 1.29 is 9.90 Å². The Morgan fingerprint density at radius 3 is 2.93 bits per heavy atom. The first kappa shape index (κ1) is 10.5. The molecule has 72 valence electrons. The minimum absolute atomic E-state index is 0.0364. The molecule has 14 heavy (non-hydrogen) atoms. The maximum absolute atomic E-state index is 11.0. The fourth-order valence-corrected chi connectivity index (χ4v) is 1.23. The van der Waals surface area contributed by atoms with Crippen molar-refractivity contribution >= 4 is 27.5 Å². The number of phenols is 1. The van der Waals surface area contributed by atoms with Gasteiger partial charge >= 0.3 is 0 Å². The number of carbonyl (C=O) groups excluding carboxylic acids is 1. The summed E-state index contributed by atoms with van der Waals surface area (Å²) in [7, 11) is 0. The van der Waals surface area contributed by atoms with Crippen LogP contribution < -0.4 is 5.32 Å². The van der Waals surface area contributed by atoms with Gasteiger partial charge in [0.25, 0.3) is 0 Å². The van der Waals surface area contributed by atoms with Crippen molar-refractivity contribution in [2.75, 3.05) is 5.32 Å². The zero-order chi connectivity index (χ0) is 10.6. The van der Waals surface area contributed by atoms with Crippen LogP contribution in [0.4, 0.5) is 5.69 Å². The van der Waals surface area contributed by atoms with Crippen LogP contribution in [0.5, 0.6) is 5.75 Å². The van der Waals surface area contributed by atoms with Crippen LogP contribution in [0.3, 0.4) is 0 Å². The Bertz CT molecular complexity index is 398. The van der Waals surface area contributed by atoms with E-state index in [0.717, 1.165) is 0 Å². The van der Waals surface area contributed by atoms with E-state index in [9.17, 15) is 9.90 Å². The van der Waals surface area contributed by atoms with Gasteiger partial charge in [0.05, 0.1) is 11.8 Å². The number of hydrogen-bond donors (Lipinski definition) is 2. The summed E-state index contributed by atoms with van der Waals surface area (Å²) in [4.78, 5) is 11.0. The zero-order valence-corrected chi connectivity index (χ0v) is 8.71. The second kappa shape index (κ2) is 4.63. The molecule has 0 aliphatic heterocycles. The van der Waals surface area contributed by atoms with E-state index in [4.69, 9.17) is 5.26 Å². The molecule has 0 fully saturated rings. The first-order valence-corrected chi connectivity index (χ1v) is 4.58. The van der Waals surface area contributed by atoms with Crippen molar-refractivity contribution in [3.05, 3.63) is 22.7 Å². The molecule has 0 heterocycles. The number of phenolic OH excluding ortho intramolecular Hbond substituents is 1. The fraction of sp³-hybridized carbons (Fsp3) is 0.111. The van der Waals surface area contributed by atoms with Gasteiger partial charge in [-0.1, -0.05) is 15.9 Å². The van der Waals surface area contributed by atoms with E-state index >= 15 is 0 Å². The topological polar surface area (TPSA) is 73.1 Å². The molecule has 0 aliphatic carbocycles. The number of rotatable bonds is 2. The standard InChI is InChI=1S/C9H7BrN2O2/c10-6-1-2-7(8(13)5-6)12-9(14)3-4-11/h1-2,5,13H,3H2,(H,12,14). The first-order valence-electron chi connectivity index (χ1n) is 3.79. The van der Waals surface area contributed by atoms with Gasteiger partial charge in [-0.2, -0.15) is 5.26 Å². The van der Waals surface area contributed by atoms with Crippen molar-refractivity contribution in [2.45, 2.75) is 6.42 Å². The van der Waals surface area contributed by atoms with E-state index in [1.54, 1.807) is 18.2 Å². The van der Waals surface area contributed by atoms with E-state index in [1.165, 1.54) is 6.07 Å². The largest absolute Gasteiger partial charge is 0.506 e. The molecule has 0 unspecified atom stereocenters. The van der Waals surface area contributed by atoms with E-state index in [-0.39, 0.29) is 12.2 Å². The fourth-order valence-electron chi connectivity index (χ4n) is 0.877. The summed E-state index contributed by atoms with van der Waals surface area (Å²) in [6.45, 7) is 0. The maximum atomic E-state index is 11.0. The second-order valence-corrected chi connectivity index (χ2v) is 3.46. The third-order valence-corrected chi connectivity index (χ3v) is 1.97. The molecule has 0 atom stereocenters. The number of halogens is 1. The van der Waals surface area contributed by atoms with Crippen LogP contribution in [-0.4, -0.2) is 11.0 Å². The van der Waals surface area contributed by atoms with Crippen LogP contribution in [0.1, 0.15) is 6.42 Å². The number of anilines is 1. The highest BCUT2D eigenvalue weighted by Gasteiger charge is 2.05. The number of aromatic hydroxyl groups is 1. The van der Waals surface area contributed by atoms with Crippen molar-refractivity contribution in [1.29, 1.82) is 5.26 Å². The predicted octanol–water partition coefficient (Wildman–Crippen LogP) is 2.01. The number of hydrogen-bond acceptors (Lipinski definition) is 3. The summed E-state index contributed by atoms with van der Waals surface area (Å²) in [5, 5.41) is 20.0. The average molecular weight is 255 g/mol. The molecular weight excluding hydrogens is 248 g/mol. The van der Waals surface area contributed by atoms with Crippen LogP contribution in [0.2, 0.25) is 0 Å². The lowest BCUT2D eigenvalue weighted by atomic mass is 10.3. The number of amides is 1. The van der Waals surface area contributed by atoms with Crippen LogP contribution in [0.15, 0.2) is 22.7 Å². The summed E-state index contributed by atoms with van der Waals surface area (Å²) in [6.07, 6.45) is -0.227. The van der Waals surface area contributed by atoms with Gasteiger partial charge in [0.2, 0.25) is 5.91 Å². The first-order chi connectivity index (χ1) is 6.63. The van der Waals surface area contributed by atoms with E-state index < -0.39 is 5.91 Å². The molecule has 1 rings (SSSR count). The number of nitrogens with zero attached hydrogens (tertiary/aromatic N) is 1. The Morgan fingerprint density at radius 2 is 2.36 bits per heavy atom. The Labute approximate surface area is 89.3 Å². The third-order valence-electron chi connectivity index (χ3n) is 1.47. The summed E-state index contributed by atoms with van der Waals surface area (Å²) >= 11 is 3.17. The van der Waals surface area contributed by atoms with Gasteiger partial charge < -0.3 is 10.4 Å². The Balaban J connectivity index is 2.78. The van der Waals surface area contributed by atoms with Crippen molar-refractivity contribution in [3.63, 3.8) is 0 Å². The minimum Gasteiger partial charge on any atom is -0.506 e. The number of benzene rings is 1. The molecule has 0 aromatic heterocycles. The van der Waals surface area contributed by atoms with Gasteiger partial charge in [0, 0.05) is 4.47 Å². The van der Waals surface area contributed by atoms with Gasteiger partial charge in [-0.3, -0.25) is 4.79 Å². The molecule has 0 saturated heterocycles. The predicted molar refractivity (Wildman–Crippen MR) is 54.7 cm³/mol. The van der Waals surface area contributed by atoms with Crippen LogP contribution in [0, 0.1) is 11.3 Å². The Hall–Kier alpha value is -1.54. The zero-order valence-electron chi connectivity index (χ0n) is 7.12. The SMILES string of the molecule is N#CCC(=O)Nc1ccc(Br)cc1O. The molecule has 0 aliphatic rings. The Morgan fingerprint density at radius 1 is 1.64 bits per heavy atom. The van der Waals surface area contributed by atoms with Crippen molar-refractivity contribution in [3.8, 4) is 11.8 Å². The lowest BCUT2D eigenvalue weighted by Crippen LogP contribution is -2.10. The van der Waals surface area contributed by atoms with Gasteiger partial charge in [0.15, 0.2) is 0 Å². The molecule has 2 N–H and O–H groups in total. The summed E-state index contributed by atoms with van der Waals surface area (Å²) in [6, 6.07) is 6.41. The molecule has 1 aromatic carbocycles. The number of carbonyl (C=O) groups is 1. The van der Waals surface area contributed by atoms with E-state index in [0.29, 0.717) is 10.2 Å². The molecular formula is C9H7BrN2O2.